The van der Waals surface area contributed by atoms with Crippen LogP contribution in [0.3, 0.4) is 0 Å². The lowest BCUT2D eigenvalue weighted by molar-refractivity contribution is 0.347. The van der Waals surface area contributed by atoms with Crippen LogP contribution in [0.1, 0.15) is 25.7 Å². The number of aromatic nitrogens is 2. The number of halogens is 1. The first-order valence-corrected chi connectivity index (χ1v) is 8.22. The van der Waals surface area contributed by atoms with E-state index in [4.69, 9.17) is 0 Å². The molecule has 1 fully saturated rings. The van der Waals surface area contributed by atoms with Crippen LogP contribution in [0.15, 0.2) is 17.6 Å². The quantitative estimate of drug-likeness (QED) is 0.810. The van der Waals surface area contributed by atoms with Gasteiger partial charge in [-0.2, -0.15) is 0 Å². The van der Waals surface area contributed by atoms with Gasteiger partial charge in [-0.15, -0.1) is 0 Å². The van der Waals surface area contributed by atoms with Gasteiger partial charge in [0.1, 0.15) is 0 Å². The van der Waals surface area contributed by atoms with E-state index in [1.165, 1.54) is 25.4 Å². The zero-order valence-electron chi connectivity index (χ0n) is 9.45. The lowest BCUT2D eigenvalue weighted by atomic mass is 9.89. The Hall–Kier alpha value is -0.400. The molecule has 1 aromatic heterocycles. The van der Waals surface area contributed by atoms with Crippen LogP contribution in [0, 0.1) is 5.41 Å². The predicted molar refractivity (Wildman–Crippen MR) is 68.5 cm³/mol. The van der Waals surface area contributed by atoms with Gasteiger partial charge in [-0.05, 0) is 18.3 Å². The maximum absolute atomic E-state index is 11.9. The largest absolute Gasteiger partial charge is 0.335 e. The fourth-order valence-corrected chi connectivity index (χ4v) is 4.02. The second-order valence-corrected chi connectivity index (χ2v) is 6.88. The Bertz CT molecular complexity index is 452. The normalized spacial score (nSPS) is 19.6. The summed E-state index contributed by atoms with van der Waals surface area (Å²) in [5.41, 5.74) is 0.0765. The molecule has 7 heteroatoms. The minimum Gasteiger partial charge on any atom is -0.335 e. The Labute approximate surface area is 110 Å². The van der Waals surface area contributed by atoms with E-state index in [1.807, 2.05) is 0 Å². The fraction of sp³-hybridized carbons (Fsp3) is 0.700. The van der Waals surface area contributed by atoms with E-state index in [2.05, 4.69) is 30.6 Å². The second kappa shape index (κ2) is 5.07. The summed E-state index contributed by atoms with van der Waals surface area (Å²) in [6.07, 6.45) is 7.18. The predicted octanol–water partition coefficient (Wildman–Crippen LogP) is 1.64. The molecule has 2 rings (SSSR count). The maximum Gasteiger partial charge on any atom is 0.257 e. The summed E-state index contributed by atoms with van der Waals surface area (Å²) < 4.78 is 26.5. The topological polar surface area (TPSA) is 74.8 Å². The van der Waals surface area contributed by atoms with Crippen LogP contribution in [0.5, 0.6) is 0 Å². The number of rotatable bonds is 5. The molecule has 0 bridgehead atoms. The van der Waals surface area contributed by atoms with E-state index in [-0.39, 0.29) is 10.4 Å². The van der Waals surface area contributed by atoms with Crippen LogP contribution in [0.2, 0.25) is 0 Å². The van der Waals surface area contributed by atoms with Crippen LogP contribution in [0.25, 0.3) is 0 Å². The third kappa shape index (κ3) is 2.89. The molecule has 0 radical (unpaired) electrons. The molecular formula is C10H16BrN3O2S. The first-order valence-electron chi connectivity index (χ1n) is 5.62. The van der Waals surface area contributed by atoms with Crippen LogP contribution in [0.4, 0.5) is 0 Å². The van der Waals surface area contributed by atoms with Gasteiger partial charge in [-0.25, -0.2) is 18.1 Å². The van der Waals surface area contributed by atoms with Crippen molar-refractivity contribution in [3.05, 3.63) is 12.5 Å². The number of aromatic amines is 1. The second-order valence-electron chi connectivity index (χ2n) is 4.58. The maximum atomic E-state index is 11.9. The van der Waals surface area contributed by atoms with Gasteiger partial charge in [0.2, 0.25) is 0 Å². The minimum absolute atomic E-state index is 0.0765. The molecule has 0 amide bonds. The number of imidazole rings is 1. The highest BCUT2D eigenvalue weighted by Crippen LogP contribution is 2.39. The first-order chi connectivity index (χ1) is 8.08. The molecule has 0 aromatic carbocycles. The van der Waals surface area contributed by atoms with Crippen molar-refractivity contribution < 1.29 is 8.42 Å². The molecule has 2 N–H and O–H groups in total. The zero-order chi connectivity index (χ0) is 12.4. The molecular weight excluding hydrogens is 306 g/mol. The fourth-order valence-electron chi connectivity index (χ4n) is 2.20. The Morgan fingerprint density at radius 3 is 2.71 bits per heavy atom. The molecule has 1 aliphatic rings. The molecule has 0 atom stereocenters. The molecule has 5 nitrogen and oxygen atoms in total. The average Bonchev–Trinajstić information content (AvgIpc) is 2.99. The Kier molecular flexibility index (Phi) is 3.89. The number of nitrogens with zero attached hydrogens (tertiary/aromatic N) is 1. The van der Waals surface area contributed by atoms with E-state index in [1.54, 1.807) is 0 Å². The zero-order valence-corrected chi connectivity index (χ0v) is 11.8. The standard InChI is InChI=1S/C10H16BrN3O2S/c11-6-10(3-1-2-4-10)7-14-17(15,16)9-5-12-8-13-9/h5,8,14H,1-4,6-7H2,(H,12,13). The van der Waals surface area contributed by atoms with E-state index in [9.17, 15) is 8.42 Å². The van der Waals surface area contributed by atoms with Crippen LogP contribution in [-0.2, 0) is 10.0 Å². The van der Waals surface area contributed by atoms with E-state index in [0.717, 1.165) is 18.2 Å². The van der Waals surface area contributed by atoms with Gasteiger partial charge in [0.05, 0.1) is 12.5 Å². The highest BCUT2D eigenvalue weighted by molar-refractivity contribution is 9.09. The number of alkyl halides is 1. The summed E-state index contributed by atoms with van der Waals surface area (Å²) in [7, 11) is -3.44. The molecule has 0 spiro atoms. The van der Waals surface area contributed by atoms with Crippen LogP contribution >= 0.6 is 15.9 Å². The number of sulfonamides is 1. The monoisotopic (exact) mass is 321 g/mol. The van der Waals surface area contributed by atoms with E-state index < -0.39 is 10.0 Å². The Balaban J connectivity index is 2.02. The van der Waals surface area contributed by atoms with Crippen LogP contribution in [-0.4, -0.2) is 30.3 Å². The van der Waals surface area contributed by atoms with Crippen molar-refractivity contribution in [2.75, 3.05) is 11.9 Å². The molecule has 1 aliphatic carbocycles. The number of hydrogen-bond donors (Lipinski definition) is 2. The van der Waals surface area contributed by atoms with Crippen LogP contribution < -0.4 is 4.72 Å². The summed E-state index contributed by atoms with van der Waals surface area (Å²) in [4.78, 5) is 6.33. The van der Waals surface area contributed by atoms with E-state index in [0.29, 0.717) is 6.54 Å². The highest BCUT2D eigenvalue weighted by atomic mass is 79.9. The smallest absolute Gasteiger partial charge is 0.257 e. The van der Waals surface area contributed by atoms with E-state index >= 15 is 0 Å². The summed E-state index contributed by atoms with van der Waals surface area (Å²) in [6.45, 7) is 0.486. The number of hydrogen-bond acceptors (Lipinski definition) is 3. The Morgan fingerprint density at radius 1 is 1.47 bits per heavy atom. The third-order valence-electron chi connectivity index (χ3n) is 3.35. The van der Waals surface area contributed by atoms with Crippen molar-refractivity contribution in [2.24, 2.45) is 5.41 Å². The lowest BCUT2D eigenvalue weighted by Crippen LogP contribution is -2.37. The molecule has 17 heavy (non-hydrogen) atoms. The number of H-pyrrole nitrogens is 1. The summed E-state index contributed by atoms with van der Waals surface area (Å²) >= 11 is 3.49. The van der Waals surface area contributed by atoms with Gasteiger partial charge in [0, 0.05) is 11.9 Å². The first kappa shape index (κ1) is 13.0. The molecule has 0 aliphatic heterocycles. The van der Waals surface area contributed by atoms with Gasteiger partial charge < -0.3 is 4.98 Å². The molecule has 1 saturated carbocycles. The Morgan fingerprint density at radius 2 is 2.18 bits per heavy atom. The lowest BCUT2D eigenvalue weighted by Gasteiger charge is -2.26. The molecule has 0 saturated heterocycles. The molecule has 96 valence electrons. The van der Waals surface area contributed by atoms with Crippen molar-refractivity contribution >= 4 is 26.0 Å². The molecule has 0 unspecified atom stereocenters. The van der Waals surface area contributed by atoms with Gasteiger partial charge in [-0.1, -0.05) is 28.8 Å². The van der Waals surface area contributed by atoms with Crippen molar-refractivity contribution in [1.29, 1.82) is 0 Å². The molecule has 1 heterocycles. The highest BCUT2D eigenvalue weighted by Gasteiger charge is 2.34. The third-order valence-corrected chi connectivity index (χ3v) is 5.86. The summed E-state index contributed by atoms with van der Waals surface area (Å²) in [6, 6.07) is 0. The summed E-state index contributed by atoms with van der Waals surface area (Å²) in [5, 5.41) is 0.964. The average molecular weight is 322 g/mol. The molecule has 1 aromatic rings. The number of nitrogens with one attached hydrogen (secondary N) is 2. The van der Waals surface area contributed by atoms with Gasteiger partial charge in [0.25, 0.3) is 10.0 Å². The van der Waals surface area contributed by atoms with Crippen molar-refractivity contribution in [2.45, 2.75) is 30.7 Å². The van der Waals surface area contributed by atoms with Gasteiger partial charge in [-0.3, -0.25) is 0 Å². The summed E-state index contributed by atoms with van der Waals surface area (Å²) in [5.74, 6) is 0. The van der Waals surface area contributed by atoms with Gasteiger partial charge in [0.15, 0.2) is 5.03 Å². The minimum atomic E-state index is -3.44. The van der Waals surface area contributed by atoms with Crippen molar-refractivity contribution in [3.8, 4) is 0 Å². The van der Waals surface area contributed by atoms with Crippen molar-refractivity contribution in [3.63, 3.8) is 0 Å². The van der Waals surface area contributed by atoms with Crippen molar-refractivity contribution in [1.82, 2.24) is 14.7 Å². The SMILES string of the molecule is O=S(=O)(NCC1(CBr)CCCC1)c1cnc[nH]1. The van der Waals surface area contributed by atoms with Gasteiger partial charge >= 0.3 is 0 Å².